The minimum Gasteiger partial charge on any atom is -0.507 e. The van der Waals surface area contributed by atoms with Crippen LogP contribution < -0.4 is 14.2 Å². The average molecular weight is 611 g/mol. The fourth-order valence-electron chi connectivity index (χ4n) is 4.81. The zero-order chi connectivity index (χ0) is 31.4. The van der Waals surface area contributed by atoms with Crippen LogP contribution in [0.4, 0.5) is 0 Å². The molecule has 2 heterocycles. The summed E-state index contributed by atoms with van der Waals surface area (Å²) in [6.07, 6.45) is -10.8. The minimum absolute atomic E-state index is 0.0155. The van der Waals surface area contributed by atoms with E-state index in [1.54, 1.807) is 24.3 Å². The number of phenolic OH excluding ortho intramolecular Hbond substituents is 2. The molecule has 0 aliphatic carbocycles. The van der Waals surface area contributed by atoms with E-state index in [2.05, 4.69) is 0 Å². The summed E-state index contributed by atoms with van der Waals surface area (Å²) in [4.78, 5) is 0. The first kappa shape index (κ1) is 32.7. The van der Waals surface area contributed by atoms with E-state index in [1.165, 1.54) is 39.3 Å². The van der Waals surface area contributed by atoms with Gasteiger partial charge < -0.3 is 69.3 Å². The summed E-state index contributed by atoms with van der Waals surface area (Å²) >= 11 is 0. The van der Waals surface area contributed by atoms with Crippen molar-refractivity contribution in [1.29, 1.82) is 0 Å². The van der Waals surface area contributed by atoms with E-state index in [1.807, 2.05) is 0 Å². The van der Waals surface area contributed by atoms with Crippen LogP contribution in [0, 0.1) is 0 Å². The van der Waals surface area contributed by atoms with E-state index in [4.69, 9.17) is 28.4 Å². The number of allylic oxidation sites excluding steroid dienone is 1. The Morgan fingerprint density at radius 3 is 2.09 bits per heavy atom. The highest BCUT2D eigenvalue weighted by Crippen LogP contribution is 2.36. The van der Waals surface area contributed by atoms with Crippen LogP contribution in [0.3, 0.4) is 0 Å². The van der Waals surface area contributed by atoms with Crippen LogP contribution in [-0.4, -0.2) is 123 Å². The van der Waals surface area contributed by atoms with Crippen molar-refractivity contribution in [2.75, 3.05) is 20.8 Å². The molecular weight excluding hydrogens is 572 g/mol. The number of phenols is 2. The van der Waals surface area contributed by atoms with Gasteiger partial charge in [-0.25, -0.2) is 0 Å². The van der Waals surface area contributed by atoms with E-state index >= 15 is 0 Å². The zero-order valence-corrected chi connectivity index (χ0v) is 23.8. The molecule has 2 aliphatic heterocycles. The van der Waals surface area contributed by atoms with Crippen molar-refractivity contribution < 1.29 is 69.3 Å². The van der Waals surface area contributed by atoms with Gasteiger partial charge in [0.25, 0.3) is 0 Å². The molecule has 0 bridgehead atoms. The fourth-order valence-corrected chi connectivity index (χ4v) is 4.81. The largest absolute Gasteiger partial charge is 0.507 e. The van der Waals surface area contributed by atoms with E-state index < -0.39 is 68.0 Å². The van der Waals surface area contributed by atoms with Gasteiger partial charge in [-0.15, -0.1) is 0 Å². The molecule has 238 valence electrons. The molecule has 2 aromatic carbocycles. The second kappa shape index (κ2) is 14.1. The molecule has 14 heteroatoms. The monoisotopic (exact) mass is 610 g/mol. The minimum atomic E-state index is -1.71. The number of ether oxygens (including phenoxy) is 6. The number of aliphatic hydroxyl groups is 6. The van der Waals surface area contributed by atoms with Gasteiger partial charge in [0.1, 0.15) is 60.0 Å². The van der Waals surface area contributed by atoms with Crippen molar-refractivity contribution in [3.8, 4) is 28.7 Å². The van der Waals surface area contributed by atoms with E-state index in [9.17, 15) is 40.9 Å². The van der Waals surface area contributed by atoms with Crippen LogP contribution in [0.5, 0.6) is 28.7 Å². The number of methoxy groups -OCH3 is 2. The lowest BCUT2D eigenvalue weighted by molar-refractivity contribution is -0.318. The summed E-state index contributed by atoms with van der Waals surface area (Å²) in [5.41, 5.74) is 1.12. The van der Waals surface area contributed by atoms with Gasteiger partial charge in [-0.05, 0) is 31.0 Å². The van der Waals surface area contributed by atoms with Gasteiger partial charge >= 0.3 is 0 Å². The van der Waals surface area contributed by atoms with E-state index in [-0.39, 0.29) is 29.4 Å². The van der Waals surface area contributed by atoms with Gasteiger partial charge in [0, 0.05) is 17.7 Å². The van der Waals surface area contributed by atoms with Crippen molar-refractivity contribution in [3.63, 3.8) is 0 Å². The predicted octanol–water partition coefficient (Wildman–Crippen LogP) is -0.599. The Hall–Kier alpha value is -3.18. The zero-order valence-electron chi connectivity index (χ0n) is 23.8. The Labute approximate surface area is 247 Å². The first-order chi connectivity index (χ1) is 20.4. The van der Waals surface area contributed by atoms with Crippen molar-refractivity contribution in [2.45, 2.75) is 74.8 Å². The molecule has 4 rings (SSSR count). The van der Waals surface area contributed by atoms with Gasteiger partial charge in [0.05, 0.1) is 26.9 Å². The topological polar surface area (TPSA) is 217 Å². The fraction of sp³-hybridized carbons (Fsp3) is 0.517. The Kier molecular flexibility index (Phi) is 10.7. The number of aliphatic hydroxyl groups excluding tert-OH is 6. The number of benzene rings is 2. The summed E-state index contributed by atoms with van der Waals surface area (Å²) in [5.74, 6) is 0.402. The van der Waals surface area contributed by atoms with Crippen molar-refractivity contribution in [2.24, 2.45) is 0 Å². The molecule has 0 unspecified atom stereocenters. The van der Waals surface area contributed by atoms with Gasteiger partial charge in [-0.2, -0.15) is 0 Å². The van der Waals surface area contributed by atoms with Crippen LogP contribution in [0.1, 0.15) is 18.1 Å². The SMILES string of the molecule is COc1ccc(/C=C/Cc2c(O)cc(O[C@H]3O[C@@H](CO[C@@H]4O[C@H](C)[C@@H](O)[C@H](O)[C@@H]4O)[C@H](O)[C@@H](O)[C@@H]3O)cc2OC)cc1O. The maximum atomic E-state index is 10.7. The Morgan fingerprint density at radius 2 is 1.42 bits per heavy atom. The molecule has 0 saturated carbocycles. The first-order valence-corrected chi connectivity index (χ1v) is 13.6. The highest BCUT2D eigenvalue weighted by molar-refractivity contribution is 5.57. The predicted molar refractivity (Wildman–Crippen MR) is 148 cm³/mol. The maximum absolute atomic E-state index is 10.7. The Morgan fingerprint density at radius 1 is 0.744 bits per heavy atom. The molecule has 0 aromatic heterocycles. The molecule has 14 nitrogen and oxygen atoms in total. The van der Waals surface area contributed by atoms with Crippen LogP contribution in [0.2, 0.25) is 0 Å². The summed E-state index contributed by atoms with van der Waals surface area (Å²) in [6.45, 7) is 1.03. The van der Waals surface area contributed by atoms with Crippen molar-refractivity contribution >= 4 is 6.08 Å². The summed E-state index contributed by atoms with van der Waals surface area (Å²) in [6, 6.07) is 7.62. The lowest BCUT2D eigenvalue weighted by atomic mass is 9.98. The van der Waals surface area contributed by atoms with E-state index in [0.29, 0.717) is 16.9 Å². The number of aromatic hydroxyl groups is 2. The van der Waals surface area contributed by atoms with Crippen molar-refractivity contribution in [1.82, 2.24) is 0 Å². The summed E-state index contributed by atoms with van der Waals surface area (Å²) in [5, 5.41) is 82.1. The van der Waals surface area contributed by atoms with Crippen LogP contribution in [0.15, 0.2) is 36.4 Å². The second-order valence-electron chi connectivity index (χ2n) is 10.3. The smallest absolute Gasteiger partial charge is 0.229 e. The molecular formula is C29H38O14. The molecule has 8 N–H and O–H groups in total. The van der Waals surface area contributed by atoms with Gasteiger partial charge in [-0.3, -0.25) is 0 Å². The number of hydrogen-bond acceptors (Lipinski definition) is 14. The third kappa shape index (κ3) is 7.32. The highest BCUT2D eigenvalue weighted by Gasteiger charge is 2.47. The van der Waals surface area contributed by atoms with Gasteiger partial charge in [0.2, 0.25) is 6.29 Å². The normalized spacial score (nSPS) is 33.0. The highest BCUT2D eigenvalue weighted by atomic mass is 16.7. The molecule has 43 heavy (non-hydrogen) atoms. The van der Waals surface area contributed by atoms with Gasteiger partial charge in [0.15, 0.2) is 17.8 Å². The standard InChI is InChI=1S/C29H38O14/c1-13-22(32)24(34)26(36)28(41-13)40-12-21-23(33)25(35)27(37)29(43-21)42-15-10-17(30)16(20(11-15)39-3)6-4-5-14-7-8-19(38-2)18(31)9-14/h4-5,7-11,13,21-37H,6,12H2,1-3H3/b5-4+/t13-,21+,22-,23+,24+,25-,26+,27+,28-,29+/m1/s1. The molecule has 0 spiro atoms. The quantitative estimate of drug-likeness (QED) is 0.169. The molecule has 0 radical (unpaired) electrons. The third-order valence-electron chi connectivity index (χ3n) is 7.37. The maximum Gasteiger partial charge on any atom is 0.229 e. The second-order valence-corrected chi connectivity index (χ2v) is 10.3. The summed E-state index contributed by atoms with van der Waals surface area (Å²) < 4.78 is 32.7. The molecule has 0 amide bonds. The number of hydrogen-bond donors (Lipinski definition) is 8. The van der Waals surface area contributed by atoms with Crippen LogP contribution >= 0.6 is 0 Å². The third-order valence-corrected chi connectivity index (χ3v) is 7.37. The average Bonchev–Trinajstić information content (AvgIpc) is 2.98. The molecule has 10 atom stereocenters. The lowest BCUT2D eigenvalue weighted by Gasteiger charge is -2.42. The lowest BCUT2D eigenvalue weighted by Crippen LogP contribution is -2.61. The van der Waals surface area contributed by atoms with Crippen LogP contribution in [0.25, 0.3) is 6.08 Å². The Bertz CT molecular complexity index is 1250. The Balaban J connectivity index is 1.43. The molecule has 2 saturated heterocycles. The van der Waals surface area contributed by atoms with E-state index in [0.717, 1.165) is 0 Å². The molecule has 2 aliphatic rings. The van der Waals surface area contributed by atoms with Crippen molar-refractivity contribution in [3.05, 3.63) is 47.5 Å². The van der Waals surface area contributed by atoms with Crippen LogP contribution in [-0.2, 0) is 20.6 Å². The number of rotatable bonds is 10. The van der Waals surface area contributed by atoms with Gasteiger partial charge in [-0.1, -0.05) is 18.2 Å². The summed E-state index contributed by atoms with van der Waals surface area (Å²) in [7, 11) is 2.84. The first-order valence-electron chi connectivity index (χ1n) is 13.6. The molecule has 2 fully saturated rings. The molecule has 2 aromatic rings.